The minimum Gasteiger partial charge on any atom is -0.456 e. The van der Waals surface area contributed by atoms with Gasteiger partial charge in [-0.05, 0) is 104 Å². The second-order valence-corrected chi connectivity index (χ2v) is 13.9. The molecular weight excluding hydrogens is 484 g/mol. The van der Waals surface area contributed by atoms with Crippen molar-refractivity contribution in [3.63, 3.8) is 0 Å². The molecule has 3 rings (SSSR count). The molecule has 198 valence electrons. The Balaban J connectivity index is 0.000000266. The third-order valence-corrected chi connectivity index (χ3v) is 10.6. The first kappa shape index (κ1) is 31.9. The first-order valence-electron chi connectivity index (χ1n) is 12.6. The lowest BCUT2D eigenvalue weighted by molar-refractivity contribution is -0.155. The molecule has 7 heteroatoms. The normalized spacial score (nSPS) is 31.9. The molecule has 0 aromatic rings. The highest BCUT2D eigenvalue weighted by atomic mass is 32.2. The minimum absolute atomic E-state index is 0.250. The summed E-state index contributed by atoms with van der Waals surface area (Å²) in [4.78, 5) is 22.2. The maximum Gasteiger partial charge on any atom is 0.333 e. The van der Waals surface area contributed by atoms with Gasteiger partial charge >= 0.3 is 5.97 Å². The van der Waals surface area contributed by atoms with Gasteiger partial charge < -0.3 is 9.84 Å². The van der Waals surface area contributed by atoms with Crippen molar-refractivity contribution in [2.75, 3.05) is 18.8 Å². The van der Waals surface area contributed by atoms with Gasteiger partial charge in [-0.25, -0.2) is 4.79 Å². The number of carbonyl (C=O) groups is 2. The summed E-state index contributed by atoms with van der Waals surface area (Å²) in [5.74, 6) is 0.209. The summed E-state index contributed by atoms with van der Waals surface area (Å²) in [5, 5.41) is 11.9. The van der Waals surface area contributed by atoms with Crippen LogP contribution < -0.4 is 0 Å². The van der Waals surface area contributed by atoms with Crippen LogP contribution in [0.1, 0.15) is 97.8 Å². The van der Waals surface area contributed by atoms with Gasteiger partial charge in [0.15, 0.2) is 0 Å². The van der Waals surface area contributed by atoms with Crippen molar-refractivity contribution in [3.05, 3.63) is 12.2 Å². The summed E-state index contributed by atoms with van der Waals surface area (Å²) in [6, 6.07) is 0. The number of esters is 1. The number of hydrogen-bond acceptors (Lipinski definition) is 7. The monoisotopic (exact) mass is 532 g/mol. The summed E-state index contributed by atoms with van der Waals surface area (Å²) in [5.41, 5.74) is -0.127. The first-order chi connectivity index (χ1) is 15.9. The van der Waals surface area contributed by atoms with Gasteiger partial charge in [-0.3, -0.25) is 4.79 Å². The molecule has 0 aromatic heterocycles. The largest absolute Gasteiger partial charge is 0.456 e. The fourth-order valence-electron chi connectivity index (χ4n) is 4.45. The van der Waals surface area contributed by atoms with Crippen LogP contribution >= 0.6 is 35.3 Å². The van der Waals surface area contributed by atoms with Crippen LogP contribution in [0.3, 0.4) is 0 Å². The van der Waals surface area contributed by atoms with E-state index in [0.29, 0.717) is 11.4 Å². The number of hydrogen-bond donors (Lipinski definition) is 1. The molecule has 0 aliphatic heterocycles. The molecular formula is C27H48O4S3. The van der Waals surface area contributed by atoms with Crippen molar-refractivity contribution in [1.29, 1.82) is 0 Å². The van der Waals surface area contributed by atoms with Crippen LogP contribution in [-0.2, 0) is 14.3 Å². The lowest BCUT2D eigenvalue weighted by Crippen LogP contribution is -2.37. The van der Waals surface area contributed by atoms with Crippen molar-refractivity contribution < 1.29 is 19.4 Å². The molecule has 34 heavy (non-hydrogen) atoms. The Morgan fingerprint density at radius 3 is 1.62 bits per heavy atom. The van der Waals surface area contributed by atoms with Crippen LogP contribution in [0.15, 0.2) is 12.2 Å². The minimum atomic E-state index is -0.355. The molecule has 0 saturated heterocycles. The number of ketones is 1. The van der Waals surface area contributed by atoms with E-state index >= 15 is 0 Å². The number of Topliss-reactive ketones (excluding diaryl/α,β-unsaturated/α-hetero) is 1. The molecule has 0 radical (unpaired) electrons. The third kappa shape index (κ3) is 12.7. The summed E-state index contributed by atoms with van der Waals surface area (Å²) in [6.45, 7) is 9.28. The predicted molar refractivity (Wildman–Crippen MR) is 152 cm³/mol. The Morgan fingerprint density at radius 1 is 0.853 bits per heavy atom. The molecule has 0 spiro atoms. The molecule has 3 fully saturated rings. The van der Waals surface area contributed by atoms with E-state index in [2.05, 4.69) is 25.3 Å². The van der Waals surface area contributed by atoms with Crippen LogP contribution in [0.5, 0.6) is 0 Å². The Bertz CT molecular complexity index is 622. The molecule has 3 saturated carbocycles. The number of thioether (sulfide) groups is 3. The average Bonchev–Trinajstić information content (AvgIpc) is 2.81. The Labute approximate surface area is 221 Å². The van der Waals surface area contributed by atoms with Crippen molar-refractivity contribution in [1.82, 2.24) is 0 Å². The molecule has 1 N–H and O–H groups in total. The Hall–Kier alpha value is -0.110. The summed E-state index contributed by atoms with van der Waals surface area (Å²) >= 11 is 5.74. The molecule has 4 nitrogen and oxygen atoms in total. The summed E-state index contributed by atoms with van der Waals surface area (Å²) < 4.78 is 5.49. The van der Waals surface area contributed by atoms with Crippen LogP contribution in [0, 0.1) is 0 Å². The number of rotatable bonds is 5. The fourth-order valence-corrected chi connectivity index (χ4v) is 6.57. The highest BCUT2D eigenvalue weighted by molar-refractivity contribution is 7.99. The van der Waals surface area contributed by atoms with E-state index in [1.165, 1.54) is 12.8 Å². The van der Waals surface area contributed by atoms with E-state index in [1.807, 2.05) is 49.1 Å². The van der Waals surface area contributed by atoms with Gasteiger partial charge in [0.1, 0.15) is 11.4 Å². The highest BCUT2D eigenvalue weighted by Crippen LogP contribution is 2.36. The topological polar surface area (TPSA) is 63.6 Å². The molecule has 3 aliphatic rings. The van der Waals surface area contributed by atoms with Crippen molar-refractivity contribution >= 4 is 47.0 Å². The van der Waals surface area contributed by atoms with Crippen LogP contribution in [0.2, 0.25) is 0 Å². The molecule has 0 bridgehead atoms. The number of aliphatic hydroxyl groups is 1. The zero-order valence-electron chi connectivity index (χ0n) is 22.3. The van der Waals surface area contributed by atoms with E-state index < -0.39 is 0 Å². The van der Waals surface area contributed by atoms with Crippen molar-refractivity contribution in [2.24, 2.45) is 0 Å². The second-order valence-electron chi connectivity index (χ2n) is 10.5. The zero-order chi connectivity index (χ0) is 25.8. The molecule has 3 aliphatic carbocycles. The van der Waals surface area contributed by atoms with Gasteiger partial charge in [-0.2, -0.15) is 35.3 Å². The molecule has 0 atom stereocenters. The second kappa shape index (κ2) is 15.9. The lowest BCUT2D eigenvalue weighted by Gasteiger charge is -2.36. The molecule has 0 aromatic carbocycles. The number of ether oxygens (including phenoxy) is 1. The van der Waals surface area contributed by atoms with Gasteiger partial charge in [0.05, 0.1) is 5.60 Å². The van der Waals surface area contributed by atoms with E-state index in [0.717, 1.165) is 80.0 Å². The fraction of sp³-hybridized carbons (Fsp3) is 0.852. The van der Waals surface area contributed by atoms with Crippen LogP contribution in [0.25, 0.3) is 0 Å². The summed E-state index contributed by atoms with van der Waals surface area (Å²) in [7, 11) is 0. The average molecular weight is 533 g/mol. The van der Waals surface area contributed by atoms with Gasteiger partial charge in [0, 0.05) is 34.2 Å². The van der Waals surface area contributed by atoms with E-state index in [4.69, 9.17) is 4.74 Å². The quantitative estimate of drug-likeness (QED) is 0.300. The number of carbonyl (C=O) groups excluding carboxylic acids is 2. The zero-order valence-corrected chi connectivity index (χ0v) is 24.8. The Kier molecular flexibility index (Phi) is 14.9. The van der Waals surface area contributed by atoms with Crippen LogP contribution in [-0.4, -0.2) is 62.6 Å². The van der Waals surface area contributed by atoms with Gasteiger partial charge in [-0.1, -0.05) is 6.58 Å². The van der Waals surface area contributed by atoms with Crippen molar-refractivity contribution in [2.45, 2.75) is 125 Å². The smallest absolute Gasteiger partial charge is 0.333 e. The van der Waals surface area contributed by atoms with Gasteiger partial charge in [-0.15, -0.1) is 0 Å². The molecule has 0 unspecified atom stereocenters. The third-order valence-electron chi connectivity index (χ3n) is 7.18. The molecule has 0 amide bonds. The van der Waals surface area contributed by atoms with Crippen LogP contribution in [0.4, 0.5) is 0 Å². The summed E-state index contributed by atoms with van der Waals surface area (Å²) in [6.07, 6.45) is 18.9. The standard InChI is InChI=1S/C12H20O2S.C8H16OS.C7H12OS/c1-9(2)11(13)14-12(3)7-5-10(15-4)6-8-12;1-8(9)5-3-7(10-2)4-6-8;1-9-7-4-2-6(8)3-5-7/h10H,1,5-8H2,2-4H3;7,9H,3-6H2,1-2H3;7H,2-5H2,1H3. The predicted octanol–water partition coefficient (Wildman–Crippen LogP) is 7.07. The lowest BCUT2D eigenvalue weighted by atomic mass is 9.86. The highest BCUT2D eigenvalue weighted by Gasteiger charge is 2.34. The Morgan fingerprint density at radius 2 is 1.24 bits per heavy atom. The molecule has 0 heterocycles. The van der Waals surface area contributed by atoms with Crippen molar-refractivity contribution in [3.8, 4) is 0 Å². The van der Waals surface area contributed by atoms with Gasteiger partial charge in [0.2, 0.25) is 0 Å². The van der Waals surface area contributed by atoms with E-state index in [9.17, 15) is 14.7 Å². The maximum atomic E-state index is 11.4. The SMILES string of the molecule is C=C(C)C(=O)OC1(C)CCC(SC)CC1.CSC1CCC(=O)CC1.CSC1CCC(C)(O)CC1. The van der Waals surface area contributed by atoms with E-state index in [1.54, 1.807) is 6.92 Å². The maximum absolute atomic E-state index is 11.4. The van der Waals surface area contributed by atoms with E-state index in [-0.39, 0.29) is 17.2 Å². The van der Waals surface area contributed by atoms with Gasteiger partial charge in [0.25, 0.3) is 0 Å². The first-order valence-corrected chi connectivity index (χ1v) is 16.5.